The van der Waals surface area contributed by atoms with Crippen molar-refractivity contribution in [1.82, 2.24) is 4.90 Å². The average Bonchev–Trinajstić information content (AvgIpc) is 2.60. The van der Waals surface area contributed by atoms with E-state index in [9.17, 15) is 0 Å². The molecule has 1 unspecified atom stereocenters. The highest BCUT2D eigenvalue weighted by Crippen LogP contribution is 2.42. The summed E-state index contributed by atoms with van der Waals surface area (Å²) >= 11 is 0. The third kappa shape index (κ3) is 8.14. The van der Waals surface area contributed by atoms with Crippen molar-refractivity contribution in [1.29, 1.82) is 0 Å². The zero-order valence-electron chi connectivity index (χ0n) is 19.5. The summed E-state index contributed by atoms with van der Waals surface area (Å²) < 4.78 is 0. The summed E-state index contributed by atoms with van der Waals surface area (Å²) in [6.45, 7) is 14.4. The van der Waals surface area contributed by atoms with Crippen LogP contribution in [0.3, 0.4) is 0 Å². The quantitative estimate of drug-likeness (QED) is 0.240. The summed E-state index contributed by atoms with van der Waals surface area (Å²) in [5.41, 5.74) is 5.74. The first-order valence-corrected chi connectivity index (χ1v) is 10.8. The molecule has 0 spiro atoms. The molecule has 2 heteroatoms. The van der Waals surface area contributed by atoms with Crippen molar-refractivity contribution in [3.8, 4) is 0 Å². The van der Waals surface area contributed by atoms with Gasteiger partial charge in [-0.2, -0.15) is 0 Å². The molecule has 0 fully saturated rings. The Morgan fingerprint density at radius 2 is 1.82 bits per heavy atom. The molecular formula is C26H42N2. The molecule has 0 aromatic heterocycles. The highest BCUT2D eigenvalue weighted by molar-refractivity contribution is 5.72. The summed E-state index contributed by atoms with van der Waals surface area (Å²) in [7, 11) is 4.38. The maximum Gasteiger partial charge on any atom is 0.0389 e. The van der Waals surface area contributed by atoms with E-state index in [1.807, 2.05) is 6.21 Å². The van der Waals surface area contributed by atoms with E-state index >= 15 is 0 Å². The van der Waals surface area contributed by atoms with Gasteiger partial charge in [0, 0.05) is 18.8 Å². The smallest absolute Gasteiger partial charge is 0.0389 e. The third-order valence-electron chi connectivity index (χ3n) is 5.63. The van der Waals surface area contributed by atoms with Crippen molar-refractivity contribution in [2.45, 2.75) is 73.3 Å². The van der Waals surface area contributed by atoms with Gasteiger partial charge >= 0.3 is 0 Å². The van der Waals surface area contributed by atoms with E-state index in [4.69, 9.17) is 0 Å². The number of hydrogen-bond acceptors (Lipinski definition) is 2. The minimum Gasteiger partial charge on any atom is -0.303 e. The van der Waals surface area contributed by atoms with Crippen LogP contribution < -0.4 is 0 Å². The molecule has 0 bridgehead atoms. The number of hydrogen-bond donors (Lipinski definition) is 0. The Bertz CT molecular complexity index is 667. The van der Waals surface area contributed by atoms with E-state index in [1.165, 1.54) is 41.6 Å². The van der Waals surface area contributed by atoms with Crippen molar-refractivity contribution in [3.05, 3.63) is 58.7 Å². The van der Waals surface area contributed by atoms with Crippen molar-refractivity contribution >= 4 is 6.21 Å². The van der Waals surface area contributed by atoms with E-state index in [-0.39, 0.29) is 5.41 Å². The number of nitrogens with zero attached hydrogens (tertiary/aromatic N) is 2. The second-order valence-corrected chi connectivity index (χ2v) is 8.92. The molecule has 0 heterocycles. The molecule has 2 nitrogen and oxygen atoms in total. The fraction of sp³-hybridized carbons (Fsp3) is 0.577. The monoisotopic (exact) mass is 382 g/mol. The normalized spacial score (nSPS) is 21.8. The lowest BCUT2D eigenvalue weighted by molar-refractivity contribution is 0.249. The van der Waals surface area contributed by atoms with Crippen LogP contribution in [-0.2, 0) is 0 Å². The number of aliphatic imine (C=N–C) groups is 1. The number of likely N-dealkylation sites (N-methyl/N-ethyl adjacent to an activating group) is 1. The van der Waals surface area contributed by atoms with Crippen molar-refractivity contribution in [2.75, 3.05) is 20.6 Å². The highest BCUT2D eigenvalue weighted by atomic mass is 15.1. The van der Waals surface area contributed by atoms with Gasteiger partial charge in [-0.3, -0.25) is 4.99 Å². The standard InChI is InChI=1S/C26H42N2/c1-9-10-19-27-20-17-22(3)13-11-12-21(2)14-15-24-23(4)25(28(7)8)16-18-26(24,5)6/h11-15,17,20,25H,9-10,16,18-19H2,1-8H3/b13-11+,15-14+,21-12+,22-17+,27-20?. The predicted octanol–water partition coefficient (Wildman–Crippen LogP) is 6.93. The first kappa shape index (κ1) is 24.4. The summed E-state index contributed by atoms with van der Waals surface area (Å²) in [4.78, 5) is 6.75. The summed E-state index contributed by atoms with van der Waals surface area (Å²) in [5.74, 6) is 0. The molecule has 0 amide bonds. The van der Waals surface area contributed by atoms with Gasteiger partial charge in [-0.05, 0) is 76.8 Å². The van der Waals surface area contributed by atoms with Crippen molar-refractivity contribution in [3.63, 3.8) is 0 Å². The van der Waals surface area contributed by atoms with Crippen LogP contribution in [0, 0.1) is 5.41 Å². The molecule has 1 atom stereocenters. The molecule has 1 aliphatic rings. The first-order chi connectivity index (χ1) is 13.2. The number of allylic oxidation sites excluding steroid dienone is 9. The van der Waals surface area contributed by atoms with E-state index < -0.39 is 0 Å². The van der Waals surface area contributed by atoms with E-state index in [2.05, 4.69) is 102 Å². The van der Waals surface area contributed by atoms with Gasteiger partial charge < -0.3 is 4.90 Å². The van der Waals surface area contributed by atoms with Crippen molar-refractivity contribution < 1.29 is 0 Å². The molecule has 0 aromatic rings. The van der Waals surface area contributed by atoms with Gasteiger partial charge in [0.2, 0.25) is 0 Å². The van der Waals surface area contributed by atoms with E-state index in [1.54, 1.807) is 0 Å². The van der Waals surface area contributed by atoms with E-state index in [0.29, 0.717) is 6.04 Å². The van der Waals surface area contributed by atoms with Gasteiger partial charge in [-0.15, -0.1) is 0 Å². The molecular weight excluding hydrogens is 340 g/mol. The van der Waals surface area contributed by atoms with Gasteiger partial charge in [0.05, 0.1) is 0 Å². The molecule has 0 saturated heterocycles. The summed E-state index contributed by atoms with van der Waals surface area (Å²) in [5, 5.41) is 0. The average molecular weight is 383 g/mol. The Kier molecular flexibility index (Phi) is 10.5. The van der Waals surface area contributed by atoms with Crippen LogP contribution >= 0.6 is 0 Å². The van der Waals surface area contributed by atoms with Crippen LogP contribution in [0.2, 0.25) is 0 Å². The maximum atomic E-state index is 4.39. The van der Waals surface area contributed by atoms with Gasteiger partial charge in [0.1, 0.15) is 0 Å². The second-order valence-electron chi connectivity index (χ2n) is 8.92. The van der Waals surface area contributed by atoms with Crippen LogP contribution in [0.4, 0.5) is 0 Å². The summed E-state index contributed by atoms with van der Waals surface area (Å²) in [6, 6.07) is 0.559. The fourth-order valence-corrected chi connectivity index (χ4v) is 3.74. The van der Waals surface area contributed by atoms with Crippen LogP contribution in [0.25, 0.3) is 0 Å². The number of rotatable bonds is 9. The lowest BCUT2D eigenvalue weighted by Crippen LogP contribution is -2.36. The molecule has 0 aromatic carbocycles. The van der Waals surface area contributed by atoms with Crippen LogP contribution in [-0.4, -0.2) is 37.8 Å². The molecule has 0 aliphatic heterocycles. The zero-order chi connectivity index (χ0) is 21.2. The Hall–Kier alpha value is -1.67. The fourth-order valence-electron chi connectivity index (χ4n) is 3.74. The zero-order valence-corrected chi connectivity index (χ0v) is 19.5. The van der Waals surface area contributed by atoms with Crippen LogP contribution in [0.5, 0.6) is 0 Å². The molecule has 28 heavy (non-hydrogen) atoms. The van der Waals surface area contributed by atoms with Gasteiger partial charge in [0.25, 0.3) is 0 Å². The van der Waals surface area contributed by atoms with E-state index in [0.717, 1.165) is 13.0 Å². The lowest BCUT2D eigenvalue weighted by Gasteiger charge is -2.40. The Balaban J connectivity index is 2.80. The number of unbranched alkanes of at least 4 members (excludes halogenated alkanes) is 1. The molecule has 0 radical (unpaired) electrons. The van der Waals surface area contributed by atoms with Crippen LogP contribution in [0.1, 0.15) is 67.2 Å². The Morgan fingerprint density at radius 3 is 2.46 bits per heavy atom. The SMILES string of the molecule is CCCCN=C/C=C(C)/C=C/C=C(C)/C=C/C1=C(C)C(N(C)C)CCC1(C)C. The predicted molar refractivity (Wildman–Crippen MR) is 127 cm³/mol. The minimum atomic E-state index is 0.250. The Morgan fingerprint density at radius 1 is 1.14 bits per heavy atom. The second kappa shape index (κ2) is 12.0. The highest BCUT2D eigenvalue weighted by Gasteiger charge is 2.32. The first-order valence-electron chi connectivity index (χ1n) is 10.8. The largest absolute Gasteiger partial charge is 0.303 e. The van der Waals surface area contributed by atoms with Gasteiger partial charge in [-0.25, -0.2) is 0 Å². The molecule has 1 rings (SSSR count). The van der Waals surface area contributed by atoms with Gasteiger partial charge in [-0.1, -0.05) is 68.7 Å². The molecule has 1 aliphatic carbocycles. The third-order valence-corrected chi connectivity index (χ3v) is 5.63. The topological polar surface area (TPSA) is 15.6 Å². The molecule has 0 saturated carbocycles. The molecule has 0 N–H and O–H groups in total. The molecule has 156 valence electrons. The summed E-state index contributed by atoms with van der Waals surface area (Å²) in [6.07, 6.45) is 19.9. The van der Waals surface area contributed by atoms with Gasteiger partial charge in [0.15, 0.2) is 0 Å². The lowest BCUT2D eigenvalue weighted by atomic mass is 9.70. The maximum absolute atomic E-state index is 4.39. The van der Waals surface area contributed by atoms with Crippen LogP contribution in [0.15, 0.2) is 63.7 Å². The Labute approximate surface area is 174 Å². The minimum absolute atomic E-state index is 0.250. The van der Waals surface area contributed by atoms with Crippen molar-refractivity contribution in [2.24, 2.45) is 10.4 Å².